The molecule has 0 bridgehead atoms. The highest BCUT2D eigenvalue weighted by Crippen LogP contribution is 2.16. The van der Waals surface area contributed by atoms with Gasteiger partial charge in [-0.3, -0.25) is 9.59 Å². The van der Waals surface area contributed by atoms with Gasteiger partial charge >= 0.3 is 17.9 Å². The van der Waals surface area contributed by atoms with Crippen LogP contribution in [0.15, 0.2) is 72.9 Å². The van der Waals surface area contributed by atoms with Crippen molar-refractivity contribution < 1.29 is 38.2 Å². The zero-order valence-electron chi connectivity index (χ0n) is 44.1. The van der Waals surface area contributed by atoms with Gasteiger partial charge in [0.25, 0.3) is 0 Å². The molecule has 0 spiro atoms. The summed E-state index contributed by atoms with van der Waals surface area (Å²) in [6.07, 6.45) is 63.8. The molecule has 0 aromatic carbocycles. The quantitative estimate of drug-likeness (QED) is 0.0213. The summed E-state index contributed by atoms with van der Waals surface area (Å²) in [5, 5.41) is 9.67. The SMILES string of the molecule is CC/C=C/C/C=C/C/C=C/C/C=C/CCCCCCCCCCCCC(=O)OC(COCCC(C(=O)O)[N+](C)(C)C)COC(=O)CCCCCCCCCCCC/C=C/C=C/CCCCCC. The standard InChI is InChI=1S/C59H103NO7/c1-6-8-10-12-14-16-18-20-22-24-26-28-29-30-32-34-36-38-40-42-44-46-48-50-58(62)67-55(53-65-52-51-56(59(63)64)60(3,4)5)54-66-57(61)49-47-45-43-41-39-37-35-33-31-27-25-23-21-19-17-15-13-11-9-7-2/h8,10,14,16-17,19-23,26,28,55-56H,6-7,9,11-13,15,18,24-25,27,29-54H2,1-5H3/p+1/b10-8+,16-14+,19-17+,22-20+,23-21+,28-26+. The van der Waals surface area contributed by atoms with Crippen molar-refractivity contribution in [1.82, 2.24) is 0 Å². The molecule has 0 aliphatic rings. The van der Waals surface area contributed by atoms with Crippen molar-refractivity contribution in [3.63, 3.8) is 0 Å². The van der Waals surface area contributed by atoms with E-state index in [-0.39, 0.29) is 36.2 Å². The second-order valence-corrected chi connectivity index (χ2v) is 19.5. The molecule has 0 aromatic heterocycles. The van der Waals surface area contributed by atoms with Gasteiger partial charge in [0, 0.05) is 19.3 Å². The number of rotatable bonds is 49. The van der Waals surface area contributed by atoms with Crippen LogP contribution in [0, 0.1) is 0 Å². The fourth-order valence-electron chi connectivity index (χ4n) is 7.90. The Morgan fingerprint density at radius 1 is 0.478 bits per heavy atom. The zero-order valence-corrected chi connectivity index (χ0v) is 44.1. The van der Waals surface area contributed by atoms with E-state index in [0.29, 0.717) is 19.3 Å². The van der Waals surface area contributed by atoms with Gasteiger partial charge in [-0.2, -0.15) is 0 Å². The first-order valence-electron chi connectivity index (χ1n) is 27.5. The van der Waals surface area contributed by atoms with E-state index in [2.05, 4.69) is 86.8 Å². The fourth-order valence-corrected chi connectivity index (χ4v) is 7.90. The zero-order chi connectivity index (χ0) is 49.2. The molecule has 8 heteroatoms. The number of hydrogen-bond donors (Lipinski definition) is 1. The maximum atomic E-state index is 12.8. The van der Waals surface area contributed by atoms with Gasteiger partial charge in [-0.1, -0.05) is 209 Å². The highest BCUT2D eigenvalue weighted by atomic mass is 16.6. The number of esters is 2. The van der Waals surface area contributed by atoms with Gasteiger partial charge in [-0.15, -0.1) is 0 Å². The minimum absolute atomic E-state index is 0.0563. The average Bonchev–Trinajstić information content (AvgIpc) is 3.29. The normalized spacial score (nSPS) is 13.4. The predicted molar refractivity (Wildman–Crippen MR) is 284 cm³/mol. The molecule has 0 fully saturated rings. The first kappa shape index (κ1) is 63.8. The van der Waals surface area contributed by atoms with Gasteiger partial charge in [0.15, 0.2) is 12.1 Å². The van der Waals surface area contributed by atoms with Crippen LogP contribution >= 0.6 is 0 Å². The van der Waals surface area contributed by atoms with Crippen molar-refractivity contribution in [2.75, 3.05) is 41.0 Å². The molecular weight excluding hydrogens is 835 g/mol. The maximum absolute atomic E-state index is 12.8. The Balaban J connectivity index is 4.22. The summed E-state index contributed by atoms with van der Waals surface area (Å²) in [6.45, 7) is 4.62. The second-order valence-electron chi connectivity index (χ2n) is 19.5. The van der Waals surface area contributed by atoms with Crippen LogP contribution in [0.3, 0.4) is 0 Å². The summed E-state index contributed by atoms with van der Waals surface area (Å²) >= 11 is 0. The molecule has 0 radical (unpaired) electrons. The fraction of sp³-hybridized carbons (Fsp3) is 0.746. The van der Waals surface area contributed by atoms with E-state index in [1.807, 2.05) is 21.1 Å². The van der Waals surface area contributed by atoms with E-state index in [0.717, 1.165) is 64.2 Å². The smallest absolute Gasteiger partial charge is 0.362 e. The van der Waals surface area contributed by atoms with E-state index < -0.39 is 18.1 Å². The number of allylic oxidation sites excluding steroid dienone is 12. The molecule has 0 saturated heterocycles. The second kappa shape index (κ2) is 49.2. The number of unbranched alkanes of at least 4 members (excludes halogenated alkanes) is 24. The van der Waals surface area contributed by atoms with Gasteiger partial charge < -0.3 is 23.8 Å². The van der Waals surface area contributed by atoms with Crippen LogP contribution in [0.1, 0.15) is 232 Å². The average molecular weight is 939 g/mol. The Labute approximate surface area is 412 Å². The Hall–Kier alpha value is -3.23. The summed E-state index contributed by atoms with van der Waals surface area (Å²) in [4.78, 5) is 37.3. The molecule has 1 N–H and O–H groups in total. The Morgan fingerprint density at radius 2 is 0.881 bits per heavy atom. The first-order valence-corrected chi connectivity index (χ1v) is 27.5. The predicted octanol–water partition coefficient (Wildman–Crippen LogP) is 16.3. The highest BCUT2D eigenvalue weighted by molar-refractivity contribution is 5.72. The number of hydrogen-bond acceptors (Lipinski definition) is 6. The van der Waals surface area contributed by atoms with Gasteiger partial charge in [0.2, 0.25) is 0 Å². The number of nitrogens with zero attached hydrogens (tertiary/aromatic N) is 1. The van der Waals surface area contributed by atoms with Crippen LogP contribution in [-0.2, 0) is 28.6 Å². The topological polar surface area (TPSA) is 99.1 Å². The van der Waals surface area contributed by atoms with E-state index in [9.17, 15) is 19.5 Å². The number of quaternary nitrogens is 1. The summed E-state index contributed by atoms with van der Waals surface area (Å²) in [5.41, 5.74) is 0. The van der Waals surface area contributed by atoms with E-state index >= 15 is 0 Å². The van der Waals surface area contributed by atoms with Crippen LogP contribution in [0.4, 0.5) is 0 Å². The molecule has 0 saturated carbocycles. The van der Waals surface area contributed by atoms with E-state index in [1.54, 1.807) is 0 Å². The third-order valence-electron chi connectivity index (χ3n) is 12.1. The van der Waals surface area contributed by atoms with Crippen LogP contribution in [0.2, 0.25) is 0 Å². The third kappa shape index (κ3) is 47.6. The maximum Gasteiger partial charge on any atom is 0.362 e. The molecule has 0 heterocycles. The number of carbonyl (C=O) groups excluding carboxylic acids is 2. The lowest BCUT2D eigenvalue weighted by atomic mass is 10.0. The van der Waals surface area contributed by atoms with Crippen molar-refractivity contribution in [1.29, 1.82) is 0 Å². The highest BCUT2D eigenvalue weighted by Gasteiger charge is 2.31. The summed E-state index contributed by atoms with van der Waals surface area (Å²) in [7, 11) is 5.54. The minimum atomic E-state index is -0.876. The summed E-state index contributed by atoms with van der Waals surface area (Å²) in [5.74, 6) is -1.47. The number of ether oxygens (including phenoxy) is 3. The molecule has 0 amide bonds. The monoisotopic (exact) mass is 939 g/mol. The summed E-state index contributed by atoms with van der Waals surface area (Å²) in [6, 6.07) is -0.619. The van der Waals surface area contributed by atoms with Crippen molar-refractivity contribution in [2.45, 2.75) is 244 Å². The summed E-state index contributed by atoms with van der Waals surface area (Å²) < 4.78 is 17.4. The van der Waals surface area contributed by atoms with Crippen LogP contribution < -0.4 is 0 Å². The molecule has 0 aromatic rings. The van der Waals surface area contributed by atoms with Gasteiger partial charge in [-0.05, 0) is 77.0 Å². The van der Waals surface area contributed by atoms with E-state index in [1.165, 1.54) is 135 Å². The van der Waals surface area contributed by atoms with E-state index in [4.69, 9.17) is 14.2 Å². The Morgan fingerprint density at radius 3 is 1.33 bits per heavy atom. The lowest BCUT2D eigenvalue weighted by Gasteiger charge is -2.31. The number of carbonyl (C=O) groups is 3. The lowest BCUT2D eigenvalue weighted by molar-refractivity contribution is -0.887. The third-order valence-corrected chi connectivity index (χ3v) is 12.1. The molecule has 2 unspecified atom stereocenters. The number of carboxylic acids is 1. The molecule has 2 atom stereocenters. The van der Waals surface area contributed by atoms with Crippen molar-refractivity contribution in [3.8, 4) is 0 Å². The Kier molecular flexibility index (Phi) is 46.8. The van der Waals surface area contributed by atoms with Crippen molar-refractivity contribution >= 4 is 17.9 Å². The van der Waals surface area contributed by atoms with Gasteiger partial charge in [0.1, 0.15) is 6.61 Å². The molecule has 386 valence electrons. The number of likely N-dealkylation sites (N-methyl/N-ethyl adjacent to an activating group) is 1. The van der Waals surface area contributed by atoms with Crippen LogP contribution in [-0.4, -0.2) is 80.6 Å². The molecular formula is C59H104NO7+. The van der Waals surface area contributed by atoms with Gasteiger partial charge in [0.05, 0.1) is 34.4 Å². The molecule has 8 nitrogen and oxygen atoms in total. The van der Waals surface area contributed by atoms with Gasteiger partial charge in [-0.25, -0.2) is 4.79 Å². The largest absolute Gasteiger partial charge is 0.477 e. The minimum Gasteiger partial charge on any atom is -0.477 e. The molecule has 67 heavy (non-hydrogen) atoms. The van der Waals surface area contributed by atoms with Crippen LogP contribution in [0.5, 0.6) is 0 Å². The number of carboxylic acid groups (broad SMARTS) is 1. The Bertz CT molecular complexity index is 1320. The molecule has 0 aliphatic carbocycles. The molecule has 0 rings (SSSR count). The molecule has 0 aliphatic heterocycles. The van der Waals surface area contributed by atoms with Crippen LogP contribution in [0.25, 0.3) is 0 Å². The lowest BCUT2D eigenvalue weighted by Crippen LogP contribution is -2.50. The van der Waals surface area contributed by atoms with Crippen molar-refractivity contribution in [3.05, 3.63) is 72.9 Å². The number of aliphatic carboxylic acids is 1. The first-order chi connectivity index (χ1) is 32.6. The van der Waals surface area contributed by atoms with Crippen molar-refractivity contribution in [2.24, 2.45) is 0 Å².